The number of aliphatic hydroxyl groups is 1. The van der Waals surface area contributed by atoms with Gasteiger partial charge in [0.2, 0.25) is 6.10 Å². The van der Waals surface area contributed by atoms with E-state index >= 15 is 0 Å². The predicted octanol–water partition coefficient (Wildman–Crippen LogP) is 1.37. The lowest BCUT2D eigenvalue weighted by Crippen LogP contribution is -2.31. The van der Waals surface area contributed by atoms with Crippen molar-refractivity contribution in [3.8, 4) is 0 Å². The minimum Gasteiger partial charge on any atom is -0.478 e. The van der Waals surface area contributed by atoms with Crippen LogP contribution in [0.15, 0.2) is 30.3 Å². The molecule has 0 aromatic heterocycles. The lowest BCUT2D eigenvalue weighted by molar-refractivity contribution is -0.172. The van der Waals surface area contributed by atoms with E-state index in [2.05, 4.69) is 0 Å². The lowest BCUT2D eigenvalue weighted by Gasteiger charge is -2.18. The van der Waals surface area contributed by atoms with Gasteiger partial charge >= 0.3 is 11.9 Å². The van der Waals surface area contributed by atoms with E-state index in [0.717, 1.165) is 0 Å². The standard InChI is InChI=1S/C13H16O5/c1-8(2)10(14)13(17)18-11(12(15)16)9-6-4-3-5-7-9/h3-8,10-11,14H,1-2H3,(H,15,16)/t10?,11-/m1/s1. The van der Waals surface area contributed by atoms with Crippen molar-refractivity contribution in [2.24, 2.45) is 5.92 Å². The van der Waals surface area contributed by atoms with Gasteiger partial charge in [0, 0.05) is 5.56 Å². The molecule has 1 unspecified atom stereocenters. The maximum Gasteiger partial charge on any atom is 0.349 e. The summed E-state index contributed by atoms with van der Waals surface area (Å²) >= 11 is 0. The van der Waals surface area contributed by atoms with Gasteiger partial charge in [0.05, 0.1) is 0 Å². The van der Waals surface area contributed by atoms with Crippen molar-refractivity contribution in [2.75, 3.05) is 0 Å². The van der Waals surface area contributed by atoms with Crippen molar-refractivity contribution >= 4 is 11.9 Å². The average molecular weight is 252 g/mol. The first-order chi connectivity index (χ1) is 8.43. The van der Waals surface area contributed by atoms with Crippen molar-refractivity contribution in [3.05, 3.63) is 35.9 Å². The van der Waals surface area contributed by atoms with Crippen molar-refractivity contribution in [1.82, 2.24) is 0 Å². The summed E-state index contributed by atoms with van der Waals surface area (Å²) in [5.41, 5.74) is 0.356. The third kappa shape index (κ3) is 3.56. The first-order valence-corrected chi connectivity index (χ1v) is 5.59. The normalized spacial score (nSPS) is 14.0. The molecule has 0 aliphatic carbocycles. The van der Waals surface area contributed by atoms with E-state index in [1.54, 1.807) is 44.2 Å². The van der Waals surface area contributed by atoms with Crippen LogP contribution in [0.3, 0.4) is 0 Å². The van der Waals surface area contributed by atoms with Crippen LogP contribution in [0.5, 0.6) is 0 Å². The number of aliphatic carboxylic acids is 1. The summed E-state index contributed by atoms with van der Waals surface area (Å²) in [7, 11) is 0. The zero-order valence-corrected chi connectivity index (χ0v) is 10.2. The summed E-state index contributed by atoms with van der Waals surface area (Å²) in [6.07, 6.45) is -2.72. The summed E-state index contributed by atoms with van der Waals surface area (Å²) in [6, 6.07) is 8.13. The Morgan fingerprint density at radius 2 is 1.72 bits per heavy atom. The fourth-order valence-electron chi connectivity index (χ4n) is 1.35. The molecule has 0 bridgehead atoms. The van der Waals surface area contributed by atoms with E-state index in [9.17, 15) is 14.7 Å². The number of ether oxygens (including phenoxy) is 1. The number of rotatable bonds is 5. The molecular formula is C13H16O5. The van der Waals surface area contributed by atoms with Gasteiger partial charge in [-0.1, -0.05) is 44.2 Å². The van der Waals surface area contributed by atoms with Gasteiger partial charge in [-0.05, 0) is 5.92 Å². The fraction of sp³-hybridized carbons (Fsp3) is 0.385. The first-order valence-electron chi connectivity index (χ1n) is 5.59. The lowest BCUT2D eigenvalue weighted by atomic mass is 10.1. The Morgan fingerprint density at radius 1 is 1.17 bits per heavy atom. The van der Waals surface area contributed by atoms with E-state index in [1.807, 2.05) is 0 Å². The monoisotopic (exact) mass is 252 g/mol. The highest BCUT2D eigenvalue weighted by atomic mass is 16.6. The molecule has 0 heterocycles. The third-order valence-electron chi connectivity index (χ3n) is 2.43. The molecule has 1 rings (SSSR count). The number of esters is 1. The number of hydrogen-bond donors (Lipinski definition) is 2. The average Bonchev–Trinajstić information content (AvgIpc) is 2.35. The summed E-state index contributed by atoms with van der Waals surface area (Å²) in [4.78, 5) is 22.6. The molecular weight excluding hydrogens is 236 g/mol. The van der Waals surface area contributed by atoms with Gasteiger partial charge in [0.1, 0.15) is 0 Å². The summed E-state index contributed by atoms with van der Waals surface area (Å²) in [6.45, 7) is 3.29. The molecule has 2 atom stereocenters. The molecule has 0 aliphatic rings. The number of aliphatic hydroxyl groups excluding tert-OH is 1. The molecule has 0 radical (unpaired) electrons. The van der Waals surface area contributed by atoms with Crippen molar-refractivity contribution in [1.29, 1.82) is 0 Å². The number of carboxylic acids is 1. The Bertz CT molecular complexity index is 413. The minimum absolute atomic E-state index is 0.331. The molecule has 98 valence electrons. The van der Waals surface area contributed by atoms with Crippen molar-refractivity contribution in [2.45, 2.75) is 26.1 Å². The quantitative estimate of drug-likeness (QED) is 0.773. The van der Waals surface area contributed by atoms with E-state index in [4.69, 9.17) is 9.84 Å². The van der Waals surface area contributed by atoms with Crippen LogP contribution in [-0.2, 0) is 14.3 Å². The molecule has 1 aromatic carbocycles. The van der Waals surface area contributed by atoms with Crippen molar-refractivity contribution in [3.63, 3.8) is 0 Å². The Morgan fingerprint density at radius 3 is 2.17 bits per heavy atom. The largest absolute Gasteiger partial charge is 0.478 e. The summed E-state index contributed by atoms with van der Waals surface area (Å²) < 4.78 is 4.83. The summed E-state index contributed by atoms with van der Waals surface area (Å²) in [5, 5.41) is 18.5. The molecule has 0 saturated carbocycles. The first kappa shape index (κ1) is 14.2. The molecule has 0 spiro atoms. The molecule has 5 heteroatoms. The second kappa shape index (κ2) is 6.16. The van der Waals surface area contributed by atoms with Crippen LogP contribution < -0.4 is 0 Å². The van der Waals surface area contributed by atoms with Crippen LogP contribution in [0.4, 0.5) is 0 Å². The topological polar surface area (TPSA) is 83.8 Å². The van der Waals surface area contributed by atoms with Crippen LogP contribution in [0.2, 0.25) is 0 Å². The molecule has 2 N–H and O–H groups in total. The van der Waals surface area contributed by atoms with E-state index in [0.29, 0.717) is 5.56 Å². The Kier molecular flexibility index (Phi) is 4.85. The van der Waals surface area contributed by atoms with Gasteiger partial charge in [-0.2, -0.15) is 0 Å². The number of hydrogen-bond acceptors (Lipinski definition) is 4. The van der Waals surface area contributed by atoms with Gasteiger partial charge < -0.3 is 14.9 Å². The third-order valence-corrected chi connectivity index (χ3v) is 2.43. The minimum atomic E-state index is -1.40. The Balaban J connectivity index is 2.83. The van der Waals surface area contributed by atoms with Gasteiger partial charge in [-0.15, -0.1) is 0 Å². The van der Waals surface area contributed by atoms with Crippen LogP contribution in [-0.4, -0.2) is 28.3 Å². The second-order valence-corrected chi connectivity index (χ2v) is 4.25. The molecule has 18 heavy (non-hydrogen) atoms. The van der Waals surface area contributed by atoms with Gasteiger partial charge in [0.25, 0.3) is 0 Å². The molecule has 1 aromatic rings. The zero-order valence-electron chi connectivity index (χ0n) is 10.2. The van der Waals surface area contributed by atoms with E-state index < -0.39 is 24.1 Å². The van der Waals surface area contributed by atoms with Crippen LogP contribution in [0, 0.1) is 5.92 Å². The van der Waals surface area contributed by atoms with Crippen molar-refractivity contribution < 1.29 is 24.5 Å². The molecule has 0 fully saturated rings. The van der Waals surface area contributed by atoms with Gasteiger partial charge in [-0.3, -0.25) is 0 Å². The van der Waals surface area contributed by atoms with Crippen LogP contribution >= 0.6 is 0 Å². The number of carbonyl (C=O) groups is 2. The molecule has 0 aliphatic heterocycles. The number of carboxylic acid groups (broad SMARTS) is 1. The Labute approximate surface area is 105 Å². The van der Waals surface area contributed by atoms with Gasteiger partial charge in [0.15, 0.2) is 6.10 Å². The molecule has 5 nitrogen and oxygen atoms in total. The van der Waals surface area contributed by atoms with Crippen LogP contribution in [0.25, 0.3) is 0 Å². The highest BCUT2D eigenvalue weighted by Crippen LogP contribution is 2.19. The maximum absolute atomic E-state index is 11.5. The fourth-order valence-corrected chi connectivity index (χ4v) is 1.35. The molecule has 0 saturated heterocycles. The second-order valence-electron chi connectivity index (χ2n) is 4.25. The smallest absolute Gasteiger partial charge is 0.349 e. The summed E-state index contributed by atoms with van der Waals surface area (Å²) in [5.74, 6) is -2.53. The Hall–Kier alpha value is -1.88. The number of carbonyl (C=O) groups excluding carboxylic acids is 1. The number of benzene rings is 1. The van der Waals surface area contributed by atoms with Crippen LogP contribution in [0.1, 0.15) is 25.5 Å². The highest BCUT2D eigenvalue weighted by molar-refractivity contribution is 5.81. The highest BCUT2D eigenvalue weighted by Gasteiger charge is 2.29. The SMILES string of the molecule is CC(C)C(O)C(=O)O[C@@H](C(=O)O)c1ccccc1. The maximum atomic E-state index is 11.5. The van der Waals surface area contributed by atoms with E-state index in [-0.39, 0.29) is 5.92 Å². The van der Waals surface area contributed by atoms with E-state index in [1.165, 1.54) is 0 Å². The van der Waals surface area contributed by atoms with Gasteiger partial charge in [-0.25, -0.2) is 9.59 Å². The predicted molar refractivity (Wildman–Crippen MR) is 63.8 cm³/mol. The molecule has 0 amide bonds. The zero-order chi connectivity index (χ0) is 13.7.